The first-order valence-corrected chi connectivity index (χ1v) is 6.53. The van der Waals surface area contributed by atoms with Crippen molar-refractivity contribution in [1.82, 2.24) is 5.32 Å². The van der Waals surface area contributed by atoms with Crippen LogP contribution in [0.2, 0.25) is 0 Å². The lowest BCUT2D eigenvalue weighted by atomic mass is 9.87. The Bertz CT molecular complexity index is 399. The zero-order valence-electron chi connectivity index (χ0n) is 9.98. The Kier molecular flexibility index (Phi) is 2.93. The second-order valence-electron chi connectivity index (χ2n) is 5.04. The molecule has 17 heavy (non-hydrogen) atoms. The lowest BCUT2D eigenvalue weighted by molar-refractivity contribution is 0.0910. The van der Waals surface area contributed by atoms with Crippen molar-refractivity contribution < 1.29 is 9.84 Å². The van der Waals surface area contributed by atoms with E-state index in [4.69, 9.17) is 4.74 Å². The van der Waals surface area contributed by atoms with Gasteiger partial charge < -0.3 is 15.2 Å². The summed E-state index contributed by atoms with van der Waals surface area (Å²) in [6.07, 6.45) is 4.73. The molecule has 1 aromatic rings. The van der Waals surface area contributed by atoms with Crippen molar-refractivity contribution in [2.75, 3.05) is 13.1 Å². The molecule has 2 aliphatic rings. The molecular weight excluding hydrogens is 214 g/mol. The number of ether oxygens (including phenoxy) is 1. The summed E-state index contributed by atoms with van der Waals surface area (Å²) >= 11 is 0. The van der Waals surface area contributed by atoms with Crippen LogP contribution in [0.1, 0.15) is 24.8 Å². The van der Waals surface area contributed by atoms with Gasteiger partial charge in [0.15, 0.2) is 0 Å². The number of fused-ring (bicyclic) bond motifs is 1. The van der Waals surface area contributed by atoms with Gasteiger partial charge in [0.1, 0.15) is 17.6 Å². The molecule has 3 heteroatoms. The first kappa shape index (κ1) is 10.9. The van der Waals surface area contributed by atoms with E-state index >= 15 is 0 Å². The molecule has 1 atom stereocenters. The van der Waals surface area contributed by atoms with Crippen LogP contribution in [0.3, 0.4) is 0 Å². The smallest absolute Gasteiger partial charge is 0.126 e. The third-order valence-electron chi connectivity index (χ3n) is 3.98. The number of benzene rings is 1. The Morgan fingerprint density at radius 3 is 2.82 bits per heavy atom. The van der Waals surface area contributed by atoms with Crippen LogP contribution in [0.5, 0.6) is 11.5 Å². The van der Waals surface area contributed by atoms with Crippen molar-refractivity contribution in [3.8, 4) is 11.5 Å². The van der Waals surface area contributed by atoms with Gasteiger partial charge in [-0.15, -0.1) is 0 Å². The predicted octanol–water partition coefficient (Wildman–Crippen LogP) is 2.09. The SMILES string of the molecule is Oc1cccc2c1CCC(C1CCNCC1)O2. The van der Waals surface area contributed by atoms with Crippen LogP contribution in [-0.4, -0.2) is 24.3 Å². The van der Waals surface area contributed by atoms with Crippen molar-refractivity contribution in [2.45, 2.75) is 31.8 Å². The highest BCUT2D eigenvalue weighted by Gasteiger charge is 2.29. The Morgan fingerprint density at radius 2 is 2.00 bits per heavy atom. The fraction of sp³-hybridized carbons (Fsp3) is 0.571. The maximum Gasteiger partial charge on any atom is 0.126 e. The second kappa shape index (κ2) is 4.57. The van der Waals surface area contributed by atoms with Crippen LogP contribution >= 0.6 is 0 Å². The summed E-state index contributed by atoms with van der Waals surface area (Å²) in [6.45, 7) is 2.22. The molecule has 0 aromatic heterocycles. The largest absolute Gasteiger partial charge is 0.508 e. The van der Waals surface area contributed by atoms with Crippen LogP contribution < -0.4 is 10.1 Å². The number of rotatable bonds is 1. The lowest BCUT2D eigenvalue weighted by Crippen LogP contribution is -2.38. The highest BCUT2D eigenvalue weighted by molar-refractivity contribution is 5.45. The number of hydrogen-bond acceptors (Lipinski definition) is 3. The van der Waals surface area contributed by atoms with E-state index in [1.165, 1.54) is 12.8 Å². The van der Waals surface area contributed by atoms with E-state index in [0.717, 1.165) is 37.2 Å². The summed E-state index contributed by atoms with van der Waals surface area (Å²) in [5.41, 5.74) is 0.984. The quantitative estimate of drug-likeness (QED) is 0.780. The van der Waals surface area contributed by atoms with Crippen LogP contribution in [0.4, 0.5) is 0 Å². The summed E-state index contributed by atoms with van der Waals surface area (Å²) in [6, 6.07) is 5.58. The molecule has 1 fully saturated rings. The third-order valence-corrected chi connectivity index (χ3v) is 3.98. The molecule has 1 unspecified atom stereocenters. The van der Waals surface area contributed by atoms with Crippen molar-refractivity contribution in [3.63, 3.8) is 0 Å². The highest BCUT2D eigenvalue weighted by Crippen LogP contribution is 2.36. The molecule has 1 aromatic carbocycles. The molecule has 0 saturated carbocycles. The van der Waals surface area contributed by atoms with Gasteiger partial charge in [0, 0.05) is 5.56 Å². The number of phenolic OH excluding ortho intramolecular Hbond substituents is 1. The molecule has 0 amide bonds. The molecule has 0 bridgehead atoms. The van der Waals surface area contributed by atoms with E-state index in [9.17, 15) is 5.11 Å². The van der Waals surface area contributed by atoms with E-state index in [1.807, 2.05) is 12.1 Å². The molecule has 0 spiro atoms. The molecule has 92 valence electrons. The first-order chi connectivity index (χ1) is 8.34. The maximum atomic E-state index is 9.76. The van der Waals surface area contributed by atoms with E-state index in [0.29, 0.717) is 17.8 Å². The molecule has 2 aliphatic heterocycles. The highest BCUT2D eigenvalue weighted by atomic mass is 16.5. The Balaban J connectivity index is 1.76. The molecule has 2 N–H and O–H groups in total. The van der Waals surface area contributed by atoms with E-state index in [1.54, 1.807) is 6.07 Å². The summed E-state index contributed by atoms with van der Waals surface area (Å²) < 4.78 is 6.06. The van der Waals surface area contributed by atoms with Crippen LogP contribution in [0.15, 0.2) is 18.2 Å². The van der Waals surface area contributed by atoms with Crippen molar-refractivity contribution >= 4 is 0 Å². The van der Waals surface area contributed by atoms with Gasteiger partial charge in [-0.1, -0.05) is 6.07 Å². The Labute approximate surface area is 102 Å². The molecule has 1 saturated heterocycles. The number of nitrogens with one attached hydrogen (secondary N) is 1. The molecule has 3 nitrogen and oxygen atoms in total. The maximum absolute atomic E-state index is 9.76. The molecular formula is C14H19NO2. The zero-order chi connectivity index (χ0) is 11.7. The van der Waals surface area contributed by atoms with Gasteiger partial charge in [0.05, 0.1) is 0 Å². The topological polar surface area (TPSA) is 41.5 Å². The first-order valence-electron chi connectivity index (χ1n) is 6.53. The van der Waals surface area contributed by atoms with E-state index in [2.05, 4.69) is 5.32 Å². The average molecular weight is 233 g/mol. The zero-order valence-corrected chi connectivity index (χ0v) is 9.98. The van der Waals surface area contributed by atoms with Crippen molar-refractivity contribution in [3.05, 3.63) is 23.8 Å². The van der Waals surface area contributed by atoms with Crippen LogP contribution in [0.25, 0.3) is 0 Å². The third kappa shape index (κ3) is 2.12. The summed E-state index contributed by atoms with van der Waals surface area (Å²) in [7, 11) is 0. The van der Waals surface area contributed by atoms with Gasteiger partial charge in [-0.25, -0.2) is 0 Å². The normalized spacial score (nSPS) is 25.1. The Hall–Kier alpha value is -1.22. The van der Waals surface area contributed by atoms with Gasteiger partial charge in [-0.2, -0.15) is 0 Å². The van der Waals surface area contributed by atoms with Gasteiger partial charge in [0.25, 0.3) is 0 Å². The molecule has 3 rings (SSSR count). The number of phenols is 1. The summed E-state index contributed by atoms with van der Waals surface area (Å²) in [4.78, 5) is 0. The van der Waals surface area contributed by atoms with Gasteiger partial charge in [-0.3, -0.25) is 0 Å². The number of piperidine rings is 1. The number of hydrogen-bond donors (Lipinski definition) is 2. The number of aromatic hydroxyl groups is 1. The van der Waals surface area contributed by atoms with Crippen LogP contribution in [-0.2, 0) is 6.42 Å². The van der Waals surface area contributed by atoms with Gasteiger partial charge in [-0.05, 0) is 56.8 Å². The Morgan fingerprint density at radius 1 is 1.18 bits per heavy atom. The van der Waals surface area contributed by atoms with Crippen LogP contribution in [0, 0.1) is 5.92 Å². The lowest BCUT2D eigenvalue weighted by Gasteiger charge is -2.34. The summed E-state index contributed by atoms with van der Waals surface area (Å²) in [5.74, 6) is 1.94. The molecule has 0 aliphatic carbocycles. The van der Waals surface area contributed by atoms with Crippen molar-refractivity contribution in [1.29, 1.82) is 0 Å². The second-order valence-corrected chi connectivity index (χ2v) is 5.04. The minimum atomic E-state index is 0.339. The van der Waals surface area contributed by atoms with E-state index < -0.39 is 0 Å². The summed E-state index contributed by atoms with van der Waals surface area (Å²) in [5, 5.41) is 13.1. The van der Waals surface area contributed by atoms with E-state index in [-0.39, 0.29) is 0 Å². The fourth-order valence-corrected chi connectivity index (χ4v) is 2.97. The molecule has 0 radical (unpaired) electrons. The molecule has 2 heterocycles. The fourth-order valence-electron chi connectivity index (χ4n) is 2.97. The van der Waals surface area contributed by atoms with Gasteiger partial charge >= 0.3 is 0 Å². The standard InChI is InChI=1S/C14H19NO2/c16-12-2-1-3-14-11(12)4-5-13(17-14)10-6-8-15-9-7-10/h1-3,10,13,15-16H,4-9H2. The average Bonchev–Trinajstić information content (AvgIpc) is 2.40. The minimum absolute atomic E-state index is 0.339. The predicted molar refractivity (Wildman–Crippen MR) is 66.4 cm³/mol. The van der Waals surface area contributed by atoms with Crippen molar-refractivity contribution in [2.24, 2.45) is 5.92 Å². The minimum Gasteiger partial charge on any atom is -0.508 e. The van der Waals surface area contributed by atoms with Gasteiger partial charge in [0.2, 0.25) is 0 Å². The monoisotopic (exact) mass is 233 g/mol.